The van der Waals surface area contributed by atoms with E-state index in [1.165, 1.54) is 29.5 Å². The van der Waals surface area contributed by atoms with E-state index in [0.29, 0.717) is 16.5 Å². The Morgan fingerprint density at radius 2 is 2.31 bits per heavy atom. The summed E-state index contributed by atoms with van der Waals surface area (Å²) in [5, 5.41) is 7.03. The van der Waals surface area contributed by atoms with Crippen LogP contribution in [0.5, 0.6) is 0 Å². The van der Waals surface area contributed by atoms with Gasteiger partial charge in [0.1, 0.15) is 18.7 Å². The molecule has 0 spiro atoms. The van der Waals surface area contributed by atoms with Crippen LogP contribution in [0.3, 0.4) is 0 Å². The van der Waals surface area contributed by atoms with Crippen molar-refractivity contribution in [3.8, 4) is 0 Å². The van der Waals surface area contributed by atoms with Gasteiger partial charge in [-0.15, -0.1) is 11.3 Å². The van der Waals surface area contributed by atoms with Gasteiger partial charge in [-0.2, -0.15) is 4.68 Å². The Bertz CT molecular complexity index is 874. The Morgan fingerprint density at radius 1 is 1.54 bits per heavy atom. The number of nitrogens with zero attached hydrogens (tertiary/aromatic N) is 4. The normalized spacial score (nSPS) is 16.0. The van der Waals surface area contributed by atoms with Gasteiger partial charge in [0.2, 0.25) is 12.2 Å². The summed E-state index contributed by atoms with van der Waals surface area (Å²) in [6, 6.07) is 0. The number of anilines is 1. The lowest BCUT2D eigenvalue weighted by molar-refractivity contribution is -0.741. The van der Waals surface area contributed by atoms with Gasteiger partial charge in [-0.05, 0) is 40.6 Å². The molecule has 0 saturated carbocycles. The van der Waals surface area contributed by atoms with Gasteiger partial charge < -0.3 is 15.9 Å². The number of fused-ring (bicyclic) bond motifs is 1. The Morgan fingerprint density at radius 3 is 3.00 bits per heavy atom. The monoisotopic (exact) mass is 379 g/mol. The van der Waals surface area contributed by atoms with E-state index in [9.17, 15) is 14.5 Å². The van der Waals surface area contributed by atoms with Crippen LogP contribution in [0.25, 0.3) is 0 Å². The van der Waals surface area contributed by atoms with Crippen LogP contribution in [-0.4, -0.2) is 38.6 Å². The maximum atomic E-state index is 12.3. The highest BCUT2D eigenvalue weighted by atomic mass is 32.1. The highest BCUT2D eigenvalue weighted by molar-refractivity contribution is 7.17. The molecule has 10 nitrogen and oxygen atoms in total. The number of amides is 2. The Balaban J connectivity index is 1.76. The third-order valence-corrected chi connectivity index (χ3v) is 5.34. The van der Waals surface area contributed by atoms with E-state index in [1.54, 1.807) is 0 Å². The minimum Gasteiger partial charge on any atom is -0.365 e. The molecule has 138 valence electrons. The molecular formula is C15H19N6O4S+. The topological polar surface area (TPSA) is 132 Å². The van der Waals surface area contributed by atoms with Crippen molar-refractivity contribution >= 4 is 34.1 Å². The highest BCUT2D eigenvalue weighted by Crippen LogP contribution is 2.39. The molecule has 1 atom stereocenters. The predicted molar refractivity (Wildman–Crippen MR) is 93.0 cm³/mol. The maximum absolute atomic E-state index is 12.3. The summed E-state index contributed by atoms with van der Waals surface area (Å²) < 4.78 is 1.20. The predicted octanol–water partition coefficient (Wildman–Crippen LogP) is 1.17. The average molecular weight is 379 g/mol. The molecule has 1 aliphatic rings. The van der Waals surface area contributed by atoms with E-state index in [0.717, 1.165) is 29.7 Å². The van der Waals surface area contributed by atoms with Gasteiger partial charge in [0.05, 0.1) is 5.56 Å². The molecule has 0 bridgehead atoms. The second-order valence-corrected chi connectivity index (χ2v) is 7.26. The minimum absolute atomic E-state index is 0.133. The Kier molecular flexibility index (Phi) is 4.98. The summed E-state index contributed by atoms with van der Waals surface area (Å²) in [6.07, 6.45) is 3.89. The van der Waals surface area contributed by atoms with Crippen LogP contribution in [0.4, 0.5) is 10.9 Å². The molecule has 3 N–H and O–H groups in total. The first kappa shape index (κ1) is 18.0. The SMILES string of the molecule is CO[N+](=O)c1ncn(CC(=O)Nc2sc3c(c2C(N)=O)CCC(C)C3)n1. The molecule has 2 heterocycles. The minimum atomic E-state index is -0.544. The number of aromatic nitrogens is 3. The van der Waals surface area contributed by atoms with Gasteiger partial charge in [0, 0.05) is 9.98 Å². The lowest BCUT2D eigenvalue weighted by Crippen LogP contribution is -2.22. The molecule has 1 unspecified atom stereocenters. The Hall–Kier alpha value is -2.82. The molecule has 0 fully saturated rings. The summed E-state index contributed by atoms with van der Waals surface area (Å²) >= 11 is 1.39. The smallest absolute Gasteiger partial charge is 0.365 e. The zero-order valence-electron chi connectivity index (χ0n) is 14.4. The molecule has 0 saturated heterocycles. The zero-order valence-corrected chi connectivity index (χ0v) is 15.2. The van der Waals surface area contributed by atoms with Crippen LogP contribution < -0.4 is 11.1 Å². The van der Waals surface area contributed by atoms with Crippen molar-refractivity contribution in [3.05, 3.63) is 27.2 Å². The summed E-state index contributed by atoms with van der Waals surface area (Å²) in [5.41, 5.74) is 6.88. The Labute approximate surface area is 152 Å². The third kappa shape index (κ3) is 3.57. The van der Waals surface area contributed by atoms with E-state index in [4.69, 9.17) is 5.73 Å². The second-order valence-electron chi connectivity index (χ2n) is 6.15. The van der Waals surface area contributed by atoms with Crippen LogP contribution in [-0.2, 0) is 29.0 Å². The van der Waals surface area contributed by atoms with Crippen LogP contribution in [0.15, 0.2) is 6.33 Å². The van der Waals surface area contributed by atoms with E-state index in [-0.39, 0.29) is 17.4 Å². The van der Waals surface area contributed by atoms with Gasteiger partial charge in [-0.3, -0.25) is 9.59 Å². The van der Waals surface area contributed by atoms with Crippen molar-refractivity contribution in [1.29, 1.82) is 0 Å². The lowest BCUT2D eigenvalue weighted by atomic mass is 9.88. The van der Waals surface area contributed by atoms with Crippen LogP contribution in [0.2, 0.25) is 0 Å². The van der Waals surface area contributed by atoms with Crippen molar-refractivity contribution in [1.82, 2.24) is 14.8 Å². The largest absolute Gasteiger partial charge is 0.531 e. The fraction of sp³-hybridized carbons (Fsp3) is 0.467. The number of hydrogen-bond donors (Lipinski definition) is 2. The van der Waals surface area contributed by atoms with Gasteiger partial charge >= 0.3 is 5.95 Å². The molecular weight excluding hydrogens is 360 g/mol. The number of primary amides is 1. The number of nitrogens with two attached hydrogens (primary N) is 1. The molecule has 0 aliphatic heterocycles. The van der Waals surface area contributed by atoms with Crippen molar-refractivity contribution in [3.63, 3.8) is 0 Å². The second kappa shape index (κ2) is 7.20. The van der Waals surface area contributed by atoms with Crippen LogP contribution in [0, 0.1) is 10.8 Å². The van der Waals surface area contributed by atoms with Gasteiger partial charge in [-0.25, -0.2) is 0 Å². The first-order valence-electron chi connectivity index (χ1n) is 8.04. The molecule has 11 heteroatoms. The van der Waals surface area contributed by atoms with Crippen molar-refractivity contribution in [2.45, 2.75) is 32.7 Å². The number of carbonyl (C=O) groups is 2. The maximum Gasteiger partial charge on any atom is 0.531 e. The van der Waals surface area contributed by atoms with Gasteiger partial charge in [-0.1, -0.05) is 6.92 Å². The third-order valence-electron chi connectivity index (χ3n) is 4.17. The van der Waals surface area contributed by atoms with E-state index >= 15 is 0 Å². The average Bonchev–Trinajstić information content (AvgIpc) is 3.17. The molecule has 2 aromatic heterocycles. The van der Waals surface area contributed by atoms with E-state index in [1.807, 2.05) is 0 Å². The fourth-order valence-electron chi connectivity index (χ4n) is 2.94. The zero-order chi connectivity index (χ0) is 18.8. The van der Waals surface area contributed by atoms with Crippen molar-refractivity contribution in [2.75, 3.05) is 12.4 Å². The number of hydrogen-bond acceptors (Lipinski definition) is 7. The first-order valence-corrected chi connectivity index (χ1v) is 8.85. The van der Waals surface area contributed by atoms with Crippen molar-refractivity contribution in [2.24, 2.45) is 11.7 Å². The summed E-state index contributed by atoms with van der Waals surface area (Å²) in [6.45, 7) is 1.99. The molecule has 0 radical (unpaired) electrons. The van der Waals surface area contributed by atoms with E-state index in [2.05, 4.69) is 27.2 Å². The van der Waals surface area contributed by atoms with Crippen LogP contribution >= 0.6 is 11.3 Å². The van der Waals surface area contributed by atoms with Gasteiger partial charge in [0.15, 0.2) is 4.92 Å². The fourth-order valence-corrected chi connectivity index (χ4v) is 4.37. The van der Waals surface area contributed by atoms with E-state index < -0.39 is 11.8 Å². The molecule has 2 aromatic rings. The molecule has 2 amide bonds. The quantitative estimate of drug-likeness (QED) is 0.724. The number of rotatable bonds is 6. The molecule has 3 rings (SSSR count). The summed E-state index contributed by atoms with van der Waals surface area (Å²) in [4.78, 5) is 44.9. The molecule has 0 aromatic carbocycles. The molecule has 1 aliphatic carbocycles. The lowest BCUT2D eigenvalue weighted by Gasteiger charge is -2.18. The van der Waals surface area contributed by atoms with Crippen LogP contribution in [0.1, 0.15) is 34.1 Å². The summed E-state index contributed by atoms with van der Waals surface area (Å²) in [7, 11) is 1.19. The first-order chi connectivity index (χ1) is 12.4. The summed E-state index contributed by atoms with van der Waals surface area (Å²) in [5.74, 6) is -0.614. The highest BCUT2D eigenvalue weighted by Gasteiger charge is 2.27. The standard InChI is InChI=1S/C15H18N6O4S/c1-8-3-4-9-10(5-8)26-14(12(9)13(16)23)18-11(22)6-20-7-17-15(19-20)21(24)25-2/h7-8H,3-6H2,1-2H3,(H2-,16,18,22,23)/p+1. The number of nitrogens with one attached hydrogen (secondary N) is 1. The van der Waals surface area contributed by atoms with Crippen molar-refractivity contribution < 1.29 is 19.3 Å². The number of thiophene rings is 1. The molecule has 26 heavy (non-hydrogen) atoms. The number of carbonyl (C=O) groups excluding carboxylic acids is 2. The van der Waals surface area contributed by atoms with Gasteiger partial charge in [0.25, 0.3) is 5.91 Å².